The molecule has 0 N–H and O–H groups in total. The first-order valence-corrected chi connectivity index (χ1v) is 7.92. The van der Waals surface area contributed by atoms with Crippen molar-refractivity contribution in [1.82, 2.24) is 0 Å². The molecular formula is C17H22O4. The van der Waals surface area contributed by atoms with Gasteiger partial charge in [-0.3, -0.25) is 0 Å². The standard InChI is InChI=1S/C17H22O4/c1-18-15-16-11-6-5-7-13(16)10-12-17(19-15,21-20-16)14-8-3-2-4-9-14/h2-4,8-9,13,15H,5-7,10-12H2,1H3/t13-,15-,16+,17+/m1/s1. The Labute approximate surface area is 125 Å². The zero-order valence-electron chi connectivity index (χ0n) is 12.4. The Morgan fingerprint density at radius 1 is 1.05 bits per heavy atom. The van der Waals surface area contributed by atoms with Crippen molar-refractivity contribution in [1.29, 1.82) is 0 Å². The number of methoxy groups -OCH3 is 1. The molecule has 3 aliphatic heterocycles. The van der Waals surface area contributed by atoms with Gasteiger partial charge in [-0.15, -0.1) is 0 Å². The SMILES string of the molecule is CO[C@@H]1O[C@@]2(c3ccccc3)CC[C@H]3CCCC[C@]31OO2. The molecule has 3 saturated heterocycles. The quantitative estimate of drug-likeness (QED) is 0.781. The Balaban J connectivity index is 1.74. The lowest BCUT2D eigenvalue weighted by Gasteiger charge is -2.49. The number of benzene rings is 1. The molecule has 0 unspecified atom stereocenters. The normalized spacial score (nSPS) is 42.3. The molecule has 1 aliphatic carbocycles. The lowest BCUT2D eigenvalue weighted by atomic mass is 9.73. The second-order valence-electron chi connectivity index (χ2n) is 6.41. The molecule has 21 heavy (non-hydrogen) atoms. The molecule has 114 valence electrons. The lowest BCUT2D eigenvalue weighted by molar-refractivity contribution is -0.558. The van der Waals surface area contributed by atoms with E-state index < -0.39 is 11.4 Å². The van der Waals surface area contributed by atoms with Gasteiger partial charge in [-0.2, -0.15) is 4.89 Å². The second kappa shape index (κ2) is 5.06. The average Bonchev–Trinajstić information content (AvgIpc) is 2.81. The predicted molar refractivity (Wildman–Crippen MR) is 76.1 cm³/mol. The van der Waals surface area contributed by atoms with Gasteiger partial charge in [-0.25, -0.2) is 4.89 Å². The second-order valence-corrected chi connectivity index (χ2v) is 6.41. The molecule has 2 bridgehead atoms. The van der Waals surface area contributed by atoms with Gasteiger partial charge in [-0.1, -0.05) is 43.2 Å². The topological polar surface area (TPSA) is 36.9 Å². The Kier molecular flexibility index (Phi) is 3.30. The van der Waals surface area contributed by atoms with Crippen molar-refractivity contribution in [3.05, 3.63) is 35.9 Å². The molecule has 4 heteroatoms. The van der Waals surface area contributed by atoms with Gasteiger partial charge in [-0.05, 0) is 25.2 Å². The molecule has 1 saturated carbocycles. The Hall–Kier alpha value is -0.940. The zero-order chi connectivity index (χ0) is 14.3. The van der Waals surface area contributed by atoms with Crippen LogP contribution < -0.4 is 0 Å². The Morgan fingerprint density at radius 3 is 2.71 bits per heavy atom. The fourth-order valence-corrected chi connectivity index (χ4v) is 4.19. The highest BCUT2D eigenvalue weighted by atomic mass is 17.3. The van der Waals surface area contributed by atoms with Crippen LogP contribution in [-0.2, 0) is 25.0 Å². The number of ether oxygens (including phenoxy) is 2. The van der Waals surface area contributed by atoms with Crippen LogP contribution in [0.4, 0.5) is 0 Å². The average molecular weight is 290 g/mol. The number of hydrogen-bond acceptors (Lipinski definition) is 4. The van der Waals surface area contributed by atoms with Gasteiger partial charge in [0.1, 0.15) is 0 Å². The van der Waals surface area contributed by atoms with Gasteiger partial charge in [0, 0.05) is 19.1 Å². The minimum atomic E-state index is -0.829. The maximum Gasteiger partial charge on any atom is 0.230 e. The van der Waals surface area contributed by atoms with Gasteiger partial charge in [0.2, 0.25) is 5.79 Å². The molecule has 0 aromatic heterocycles. The third-order valence-electron chi connectivity index (χ3n) is 5.34. The van der Waals surface area contributed by atoms with Crippen LogP contribution in [0.5, 0.6) is 0 Å². The first kappa shape index (κ1) is 13.7. The Morgan fingerprint density at radius 2 is 1.90 bits per heavy atom. The molecule has 4 aliphatic rings. The molecule has 4 fully saturated rings. The zero-order valence-corrected chi connectivity index (χ0v) is 12.4. The van der Waals surface area contributed by atoms with Crippen LogP contribution in [0.3, 0.4) is 0 Å². The van der Waals surface area contributed by atoms with Gasteiger partial charge in [0.15, 0.2) is 11.9 Å². The summed E-state index contributed by atoms with van der Waals surface area (Å²) in [6.07, 6.45) is 6.00. The molecule has 0 amide bonds. The van der Waals surface area contributed by atoms with E-state index in [0.29, 0.717) is 5.92 Å². The van der Waals surface area contributed by atoms with E-state index >= 15 is 0 Å². The summed E-state index contributed by atoms with van der Waals surface area (Å²) in [7, 11) is 1.70. The van der Waals surface area contributed by atoms with Crippen molar-refractivity contribution in [2.24, 2.45) is 5.92 Å². The monoisotopic (exact) mass is 290 g/mol. The Bertz CT molecular complexity index is 501. The molecule has 0 radical (unpaired) electrons. The molecule has 4 atom stereocenters. The molecule has 5 rings (SSSR count). The largest absolute Gasteiger partial charge is 0.353 e. The fraction of sp³-hybridized carbons (Fsp3) is 0.647. The van der Waals surface area contributed by atoms with E-state index in [2.05, 4.69) is 0 Å². The van der Waals surface area contributed by atoms with Crippen LogP contribution in [0.25, 0.3) is 0 Å². The molecule has 1 aromatic carbocycles. The summed E-state index contributed by atoms with van der Waals surface area (Å²) in [5.74, 6) is -0.380. The van der Waals surface area contributed by atoms with Crippen LogP contribution in [0, 0.1) is 5.92 Å². The van der Waals surface area contributed by atoms with Crippen LogP contribution in [0.1, 0.15) is 44.1 Å². The molecule has 1 aromatic rings. The highest BCUT2D eigenvalue weighted by Crippen LogP contribution is 2.54. The molecular weight excluding hydrogens is 268 g/mol. The summed E-state index contributed by atoms with van der Waals surface area (Å²) >= 11 is 0. The van der Waals surface area contributed by atoms with Crippen molar-refractivity contribution in [3.63, 3.8) is 0 Å². The van der Waals surface area contributed by atoms with E-state index in [1.54, 1.807) is 7.11 Å². The van der Waals surface area contributed by atoms with E-state index in [1.165, 1.54) is 6.42 Å². The minimum Gasteiger partial charge on any atom is -0.353 e. The summed E-state index contributed by atoms with van der Waals surface area (Å²) in [6.45, 7) is 0. The maximum atomic E-state index is 6.32. The number of fused-ring (bicyclic) bond motifs is 3. The predicted octanol–water partition coefficient (Wildman–Crippen LogP) is 3.51. The van der Waals surface area contributed by atoms with Crippen molar-refractivity contribution in [2.75, 3.05) is 7.11 Å². The first-order valence-electron chi connectivity index (χ1n) is 7.92. The highest BCUT2D eigenvalue weighted by molar-refractivity contribution is 5.21. The third-order valence-corrected chi connectivity index (χ3v) is 5.34. The van der Waals surface area contributed by atoms with E-state index in [9.17, 15) is 0 Å². The van der Waals surface area contributed by atoms with Crippen molar-refractivity contribution < 1.29 is 19.2 Å². The smallest absolute Gasteiger partial charge is 0.230 e. The van der Waals surface area contributed by atoms with E-state index in [0.717, 1.165) is 37.7 Å². The summed E-state index contributed by atoms with van der Waals surface area (Å²) in [5.41, 5.74) is 0.572. The third kappa shape index (κ3) is 1.97. The maximum absolute atomic E-state index is 6.32. The summed E-state index contributed by atoms with van der Waals surface area (Å²) < 4.78 is 12.0. The van der Waals surface area contributed by atoms with Crippen molar-refractivity contribution in [2.45, 2.75) is 56.2 Å². The highest BCUT2D eigenvalue weighted by Gasteiger charge is 2.61. The van der Waals surface area contributed by atoms with Gasteiger partial charge < -0.3 is 9.47 Å². The summed E-state index contributed by atoms with van der Waals surface area (Å²) in [5, 5.41) is 0. The van der Waals surface area contributed by atoms with Crippen LogP contribution in [-0.4, -0.2) is 19.0 Å². The van der Waals surface area contributed by atoms with Gasteiger partial charge >= 0.3 is 0 Å². The molecule has 3 heterocycles. The van der Waals surface area contributed by atoms with Crippen LogP contribution >= 0.6 is 0 Å². The van der Waals surface area contributed by atoms with E-state index in [-0.39, 0.29) is 6.29 Å². The minimum absolute atomic E-state index is 0.362. The van der Waals surface area contributed by atoms with Crippen molar-refractivity contribution >= 4 is 0 Å². The van der Waals surface area contributed by atoms with Gasteiger partial charge in [0.05, 0.1) is 0 Å². The van der Waals surface area contributed by atoms with Gasteiger partial charge in [0.25, 0.3) is 0 Å². The van der Waals surface area contributed by atoms with E-state index in [4.69, 9.17) is 19.2 Å². The van der Waals surface area contributed by atoms with Crippen molar-refractivity contribution in [3.8, 4) is 0 Å². The van der Waals surface area contributed by atoms with Crippen LogP contribution in [0.15, 0.2) is 30.3 Å². The summed E-state index contributed by atoms with van der Waals surface area (Å²) in [6, 6.07) is 10.1. The van der Waals surface area contributed by atoms with Crippen LogP contribution in [0.2, 0.25) is 0 Å². The molecule has 1 spiro atoms. The summed E-state index contributed by atoms with van der Waals surface area (Å²) in [4.78, 5) is 11.9. The lowest BCUT2D eigenvalue weighted by Crippen LogP contribution is -2.59. The molecule has 4 nitrogen and oxygen atoms in total. The number of hydrogen-bond donors (Lipinski definition) is 0. The fourth-order valence-electron chi connectivity index (χ4n) is 4.19. The number of rotatable bonds is 2. The van der Waals surface area contributed by atoms with E-state index in [1.807, 2.05) is 30.3 Å². The first-order chi connectivity index (χ1) is 10.3.